The molecule has 116 valence electrons. The Morgan fingerprint density at radius 2 is 1.90 bits per heavy atom. The van der Waals surface area contributed by atoms with Gasteiger partial charge in [0.1, 0.15) is 0 Å². The molecule has 2 saturated heterocycles. The molecule has 5 heteroatoms. The minimum absolute atomic E-state index is 0.485. The molecule has 0 aromatic carbocycles. The second-order valence-corrected chi connectivity index (χ2v) is 8.09. The van der Waals surface area contributed by atoms with Crippen LogP contribution in [0.15, 0.2) is 18.5 Å². The first-order valence-electron chi connectivity index (χ1n) is 7.98. The Morgan fingerprint density at radius 3 is 2.57 bits per heavy atom. The van der Waals surface area contributed by atoms with Crippen LogP contribution in [-0.2, 0) is 0 Å². The number of anilines is 1. The lowest BCUT2D eigenvalue weighted by molar-refractivity contribution is 0.284. The van der Waals surface area contributed by atoms with Gasteiger partial charge >= 0.3 is 0 Å². The Balaban J connectivity index is 1.48. The van der Waals surface area contributed by atoms with Crippen molar-refractivity contribution in [2.24, 2.45) is 5.41 Å². The first kappa shape index (κ1) is 15.1. The smallest absolute Gasteiger partial charge is 0.225 e. The van der Waals surface area contributed by atoms with Gasteiger partial charge in [0.25, 0.3) is 0 Å². The molecule has 0 bridgehead atoms. The maximum Gasteiger partial charge on any atom is 0.225 e. The van der Waals surface area contributed by atoms with Crippen molar-refractivity contribution < 1.29 is 0 Å². The first-order valence-corrected chi connectivity index (χ1v) is 9.14. The third-order valence-corrected chi connectivity index (χ3v) is 6.04. The Kier molecular flexibility index (Phi) is 4.69. The van der Waals surface area contributed by atoms with Gasteiger partial charge in [-0.05, 0) is 36.5 Å². The largest absolute Gasteiger partial charge is 0.341 e. The highest BCUT2D eigenvalue weighted by Gasteiger charge is 2.30. The van der Waals surface area contributed by atoms with Crippen molar-refractivity contribution in [1.82, 2.24) is 15.3 Å². The lowest BCUT2D eigenvalue weighted by Gasteiger charge is -2.39. The molecular formula is C16H26N4S. The summed E-state index contributed by atoms with van der Waals surface area (Å²) in [6.07, 6.45) is 7.35. The molecule has 1 aromatic heterocycles. The fourth-order valence-corrected chi connectivity index (χ4v) is 4.69. The third-order valence-electron chi connectivity index (χ3n) is 4.41. The molecule has 0 aliphatic carbocycles. The van der Waals surface area contributed by atoms with E-state index in [0.29, 0.717) is 17.5 Å². The molecule has 3 rings (SSSR count). The van der Waals surface area contributed by atoms with E-state index in [1.807, 2.05) is 18.5 Å². The highest BCUT2D eigenvalue weighted by molar-refractivity contribution is 7.99. The normalized spacial score (nSPS) is 26.8. The Hall–Kier alpha value is -0.810. The molecule has 2 aliphatic heterocycles. The van der Waals surface area contributed by atoms with E-state index in [1.54, 1.807) is 0 Å². The fraction of sp³-hybridized carbons (Fsp3) is 0.750. The second kappa shape index (κ2) is 6.53. The Morgan fingerprint density at radius 1 is 1.19 bits per heavy atom. The van der Waals surface area contributed by atoms with Gasteiger partial charge in [0, 0.05) is 43.3 Å². The van der Waals surface area contributed by atoms with Gasteiger partial charge in [0.2, 0.25) is 5.95 Å². The Labute approximate surface area is 132 Å². The summed E-state index contributed by atoms with van der Waals surface area (Å²) in [7, 11) is 0. The number of piperidine rings is 1. The molecule has 1 N–H and O–H groups in total. The van der Waals surface area contributed by atoms with E-state index in [1.165, 1.54) is 30.8 Å². The maximum absolute atomic E-state index is 4.35. The van der Waals surface area contributed by atoms with Gasteiger partial charge in [0.05, 0.1) is 0 Å². The van der Waals surface area contributed by atoms with Crippen molar-refractivity contribution in [2.45, 2.75) is 45.2 Å². The predicted octanol–water partition coefficient (Wildman–Crippen LogP) is 2.57. The average molecular weight is 306 g/mol. The van der Waals surface area contributed by atoms with E-state index < -0.39 is 0 Å². The van der Waals surface area contributed by atoms with Crippen LogP contribution in [0.4, 0.5) is 5.95 Å². The molecule has 2 aliphatic rings. The van der Waals surface area contributed by atoms with Gasteiger partial charge in [-0.1, -0.05) is 13.8 Å². The van der Waals surface area contributed by atoms with E-state index in [0.717, 1.165) is 19.0 Å². The standard InChI is InChI=1S/C16H26N4S/c1-16(2)10-14(11-21-12-16)19-13-4-8-20(9-5-13)15-17-6-3-7-18-15/h3,6-7,13-14,19H,4-5,8-12H2,1-2H3. The molecule has 2 fully saturated rings. The van der Waals surface area contributed by atoms with Crippen LogP contribution in [0.1, 0.15) is 33.1 Å². The summed E-state index contributed by atoms with van der Waals surface area (Å²) in [4.78, 5) is 11.0. The van der Waals surface area contributed by atoms with Crippen molar-refractivity contribution in [3.63, 3.8) is 0 Å². The highest BCUT2D eigenvalue weighted by atomic mass is 32.2. The van der Waals surface area contributed by atoms with Gasteiger partial charge in [-0.15, -0.1) is 0 Å². The predicted molar refractivity (Wildman–Crippen MR) is 89.9 cm³/mol. The summed E-state index contributed by atoms with van der Waals surface area (Å²) in [5.41, 5.74) is 0.485. The second-order valence-electron chi connectivity index (χ2n) is 7.06. The van der Waals surface area contributed by atoms with Gasteiger partial charge < -0.3 is 10.2 Å². The summed E-state index contributed by atoms with van der Waals surface area (Å²) in [6, 6.07) is 3.22. The Bertz CT molecular complexity index is 443. The van der Waals surface area contributed by atoms with Crippen LogP contribution in [0.25, 0.3) is 0 Å². The lowest BCUT2D eigenvalue weighted by atomic mass is 9.87. The SMILES string of the molecule is CC1(C)CSCC(NC2CCN(c3ncccn3)CC2)C1. The molecule has 1 atom stereocenters. The molecule has 4 nitrogen and oxygen atoms in total. The van der Waals surface area contributed by atoms with E-state index in [9.17, 15) is 0 Å². The highest BCUT2D eigenvalue weighted by Crippen LogP contribution is 2.34. The molecule has 21 heavy (non-hydrogen) atoms. The summed E-state index contributed by atoms with van der Waals surface area (Å²) >= 11 is 2.10. The van der Waals surface area contributed by atoms with Crippen LogP contribution in [0.2, 0.25) is 0 Å². The van der Waals surface area contributed by atoms with Gasteiger partial charge in [-0.25, -0.2) is 9.97 Å². The molecule has 0 amide bonds. The number of rotatable bonds is 3. The van der Waals surface area contributed by atoms with Crippen LogP contribution in [-0.4, -0.2) is 46.6 Å². The zero-order chi connectivity index (χ0) is 14.7. The van der Waals surface area contributed by atoms with Crippen molar-refractivity contribution in [1.29, 1.82) is 0 Å². The van der Waals surface area contributed by atoms with Crippen LogP contribution in [0.3, 0.4) is 0 Å². The molecule has 3 heterocycles. The quantitative estimate of drug-likeness (QED) is 0.929. The average Bonchev–Trinajstić information content (AvgIpc) is 2.48. The first-order chi connectivity index (χ1) is 10.1. The van der Waals surface area contributed by atoms with E-state index in [2.05, 4.69) is 45.8 Å². The topological polar surface area (TPSA) is 41.0 Å². The third kappa shape index (κ3) is 4.10. The van der Waals surface area contributed by atoms with Crippen LogP contribution >= 0.6 is 11.8 Å². The summed E-state index contributed by atoms with van der Waals surface area (Å²) < 4.78 is 0. The molecule has 1 aromatic rings. The zero-order valence-electron chi connectivity index (χ0n) is 13.1. The molecule has 0 radical (unpaired) electrons. The molecule has 0 spiro atoms. The number of aromatic nitrogens is 2. The summed E-state index contributed by atoms with van der Waals surface area (Å²) in [5.74, 6) is 3.45. The van der Waals surface area contributed by atoms with Crippen LogP contribution in [0, 0.1) is 5.41 Å². The molecule has 1 unspecified atom stereocenters. The van der Waals surface area contributed by atoms with E-state index in [4.69, 9.17) is 0 Å². The minimum Gasteiger partial charge on any atom is -0.341 e. The number of hydrogen-bond donors (Lipinski definition) is 1. The zero-order valence-corrected chi connectivity index (χ0v) is 13.9. The molecule has 0 saturated carbocycles. The molecular weight excluding hydrogens is 280 g/mol. The van der Waals surface area contributed by atoms with Gasteiger partial charge in [-0.3, -0.25) is 0 Å². The van der Waals surface area contributed by atoms with Crippen LogP contribution in [0.5, 0.6) is 0 Å². The van der Waals surface area contributed by atoms with Gasteiger partial charge in [-0.2, -0.15) is 11.8 Å². The van der Waals surface area contributed by atoms with Crippen molar-refractivity contribution in [3.05, 3.63) is 18.5 Å². The van der Waals surface area contributed by atoms with Gasteiger partial charge in [0.15, 0.2) is 0 Å². The minimum atomic E-state index is 0.485. The maximum atomic E-state index is 4.35. The number of thioether (sulfide) groups is 1. The van der Waals surface area contributed by atoms with Crippen molar-refractivity contribution in [2.75, 3.05) is 29.5 Å². The summed E-state index contributed by atoms with van der Waals surface area (Å²) in [5, 5.41) is 3.90. The van der Waals surface area contributed by atoms with E-state index >= 15 is 0 Å². The van der Waals surface area contributed by atoms with Crippen LogP contribution < -0.4 is 10.2 Å². The van der Waals surface area contributed by atoms with Crippen molar-refractivity contribution >= 4 is 17.7 Å². The lowest BCUT2D eigenvalue weighted by Crippen LogP contribution is -2.49. The summed E-state index contributed by atoms with van der Waals surface area (Å²) in [6.45, 7) is 6.91. The fourth-order valence-electron chi connectivity index (χ4n) is 3.40. The number of nitrogens with one attached hydrogen (secondary N) is 1. The van der Waals surface area contributed by atoms with Crippen molar-refractivity contribution in [3.8, 4) is 0 Å². The number of hydrogen-bond acceptors (Lipinski definition) is 5. The number of nitrogens with zero attached hydrogens (tertiary/aromatic N) is 3. The monoisotopic (exact) mass is 306 g/mol. The van der Waals surface area contributed by atoms with E-state index in [-0.39, 0.29) is 0 Å².